The molecule has 7 heteroatoms. The summed E-state index contributed by atoms with van der Waals surface area (Å²) in [6, 6.07) is 0. The molecule has 0 unspecified atom stereocenters. The van der Waals surface area contributed by atoms with Gasteiger partial charge < -0.3 is 5.11 Å². The molecule has 2 heterocycles. The summed E-state index contributed by atoms with van der Waals surface area (Å²) in [7, 11) is 0. The van der Waals surface area contributed by atoms with E-state index >= 15 is 0 Å². The minimum Gasteiger partial charge on any atom is -0.476 e. The third-order valence-electron chi connectivity index (χ3n) is 3.61. The summed E-state index contributed by atoms with van der Waals surface area (Å²) in [4.78, 5) is 11.3. The maximum atomic E-state index is 11.3. The van der Waals surface area contributed by atoms with Crippen molar-refractivity contribution in [2.24, 2.45) is 5.92 Å². The molecular formula is C13H17N5O2. The molecule has 1 saturated carbocycles. The lowest BCUT2D eigenvalue weighted by atomic mass is 10.2. The first kappa shape index (κ1) is 12.8. The molecule has 106 valence electrons. The molecule has 0 spiro atoms. The molecule has 7 nitrogen and oxygen atoms in total. The van der Waals surface area contributed by atoms with E-state index in [0.717, 1.165) is 24.4 Å². The molecule has 1 N–H and O–H groups in total. The van der Waals surface area contributed by atoms with Crippen molar-refractivity contribution in [1.29, 1.82) is 0 Å². The number of carboxylic acids is 1. The second-order valence-electron chi connectivity index (χ2n) is 5.13. The van der Waals surface area contributed by atoms with Crippen LogP contribution in [0.25, 0.3) is 11.3 Å². The fourth-order valence-electron chi connectivity index (χ4n) is 2.27. The molecule has 2 aromatic heterocycles. The Morgan fingerprint density at radius 3 is 2.90 bits per heavy atom. The Kier molecular flexibility index (Phi) is 3.25. The van der Waals surface area contributed by atoms with Crippen molar-refractivity contribution in [3.8, 4) is 11.3 Å². The summed E-state index contributed by atoms with van der Waals surface area (Å²) in [5.41, 5.74) is 1.30. The smallest absolute Gasteiger partial charge is 0.358 e. The van der Waals surface area contributed by atoms with Gasteiger partial charge in [-0.1, -0.05) is 18.1 Å². The molecule has 0 saturated heterocycles. The molecule has 20 heavy (non-hydrogen) atoms. The molecule has 2 aromatic rings. The maximum absolute atomic E-state index is 11.3. The Labute approximate surface area is 116 Å². The average Bonchev–Trinajstić information content (AvgIpc) is 2.99. The van der Waals surface area contributed by atoms with Crippen LogP contribution >= 0.6 is 0 Å². The lowest BCUT2D eigenvalue weighted by molar-refractivity contribution is 0.0691. The fourth-order valence-corrected chi connectivity index (χ4v) is 2.27. The molecule has 1 fully saturated rings. The molecule has 1 aliphatic rings. The third-order valence-corrected chi connectivity index (χ3v) is 3.61. The predicted molar refractivity (Wildman–Crippen MR) is 71.2 cm³/mol. The highest BCUT2D eigenvalue weighted by atomic mass is 16.4. The van der Waals surface area contributed by atoms with Crippen molar-refractivity contribution >= 4 is 5.97 Å². The van der Waals surface area contributed by atoms with Gasteiger partial charge in [-0.05, 0) is 19.3 Å². The quantitative estimate of drug-likeness (QED) is 0.866. The molecule has 0 aliphatic heterocycles. The van der Waals surface area contributed by atoms with E-state index in [1.165, 1.54) is 12.8 Å². The Balaban J connectivity index is 1.95. The first-order chi connectivity index (χ1) is 9.69. The van der Waals surface area contributed by atoms with Crippen LogP contribution in [0.2, 0.25) is 0 Å². The molecule has 0 bridgehead atoms. The Bertz CT molecular complexity index is 626. The zero-order valence-electron chi connectivity index (χ0n) is 11.4. The van der Waals surface area contributed by atoms with Crippen LogP contribution in [0.3, 0.4) is 0 Å². The normalized spacial score (nSPS) is 14.7. The topological polar surface area (TPSA) is 85.8 Å². The first-order valence-electron chi connectivity index (χ1n) is 6.88. The van der Waals surface area contributed by atoms with E-state index < -0.39 is 5.97 Å². The van der Waals surface area contributed by atoms with E-state index in [9.17, 15) is 9.90 Å². The number of carboxylic acid groups (broad SMARTS) is 1. The van der Waals surface area contributed by atoms with Crippen molar-refractivity contribution in [3.63, 3.8) is 0 Å². The van der Waals surface area contributed by atoms with E-state index in [-0.39, 0.29) is 5.69 Å². The van der Waals surface area contributed by atoms with Crippen molar-refractivity contribution in [2.75, 3.05) is 0 Å². The summed E-state index contributed by atoms with van der Waals surface area (Å²) in [6.07, 6.45) is 7.06. The third kappa shape index (κ3) is 2.43. The van der Waals surface area contributed by atoms with Crippen LogP contribution in [0, 0.1) is 5.92 Å². The Morgan fingerprint density at radius 1 is 1.50 bits per heavy atom. The van der Waals surface area contributed by atoms with Crippen molar-refractivity contribution in [1.82, 2.24) is 24.8 Å². The highest BCUT2D eigenvalue weighted by molar-refractivity contribution is 5.92. The highest BCUT2D eigenvalue weighted by Gasteiger charge is 2.25. The van der Waals surface area contributed by atoms with Gasteiger partial charge in [-0.2, -0.15) is 5.10 Å². The van der Waals surface area contributed by atoms with E-state index in [1.54, 1.807) is 15.6 Å². The largest absolute Gasteiger partial charge is 0.476 e. The van der Waals surface area contributed by atoms with E-state index in [0.29, 0.717) is 12.2 Å². The standard InChI is InChI=1S/C13H17N5O2/c1-2-17-8-10(7-14-17)12-11(13(19)20)15-16-18(12)6-5-9-3-4-9/h7-9H,2-6H2,1H3,(H,19,20). The van der Waals surface area contributed by atoms with Crippen LogP contribution in [0.4, 0.5) is 0 Å². The van der Waals surface area contributed by atoms with Crippen LogP contribution in [0.1, 0.15) is 36.7 Å². The van der Waals surface area contributed by atoms with Gasteiger partial charge in [0.15, 0.2) is 5.69 Å². The van der Waals surface area contributed by atoms with Gasteiger partial charge in [0.25, 0.3) is 0 Å². The molecule has 0 amide bonds. The van der Waals surface area contributed by atoms with E-state index in [1.807, 2.05) is 13.1 Å². The van der Waals surface area contributed by atoms with Crippen molar-refractivity contribution < 1.29 is 9.90 Å². The summed E-state index contributed by atoms with van der Waals surface area (Å²) in [5.74, 6) is -0.291. The van der Waals surface area contributed by atoms with Crippen molar-refractivity contribution in [3.05, 3.63) is 18.1 Å². The number of hydrogen-bond acceptors (Lipinski definition) is 4. The minimum atomic E-state index is -1.05. The lowest BCUT2D eigenvalue weighted by Crippen LogP contribution is -2.05. The van der Waals surface area contributed by atoms with E-state index in [2.05, 4.69) is 15.4 Å². The van der Waals surface area contributed by atoms with Crippen LogP contribution in [-0.2, 0) is 13.1 Å². The number of hydrogen-bond donors (Lipinski definition) is 1. The van der Waals surface area contributed by atoms with Gasteiger partial charge in [0, 0.05) is 24.8 Å². The second-order valence-corrected chi connectivity index (χ2v) is 5.13. The minimum absolute atomic E-state index is 0.00329. The van der Waals surface area contributed by atoms with Gasteiger partial charge in [0.2, 0.25) is 0 Å². The monoisotopic (exact) mass is 275 g/mol. The Hall–Kier alpha value is -2.18. The van der Waals surface area contributed by atoms with Crippen LogP contribution in [0.5, 0.6) is 0 Å². The zero-order valence-corrected chi connectivity index (χ0v) is 11.4. The van der Waals surface area contributed by atoms with Gasteiger partial charge in [0.05, 0.1) is 6.20 Å². The van der Waals surface area contributed by atoms with Crippen molar-refractivity contribution in [2.45, 2.75) is 39.3 Å². The lowest BCUT2D eigenvalue weighted by Gasteiger charge is -2.04. The summed E-state index contributed by atoms with van der Waals surface area (Å²) in [6.45, 7) is 3.43. The Morgan fingerprint density at radius 2 is 2.30 bits per heavy atom. The predicted octanol–water partition coefficient (Wildman–Crippen LogP) is 1.66. The molecule has 0 aromatic carbocycles. The average molecular weight is 275 g/mol. The van der Waals surface area contributed by atoms with Crippen LogP contribution in [0.15, 0.2) is 12.4 Å². The number of aromatic carboxylic acids is 1. The maximum Gasteiger partial charge on any atom is 0.358 e. The summed E-state index contributed by atoms with van der Waals surface area (Å²) in [5, 5.41) is 21.2. The van der Waals surface area contributed by atoms with Gasteiger partial charge in [-0.3, -0.25) is 4.68 Å². The zero-order chi connectivity index (χ0) is 14.1. The number of nitrogens with zero attached hydrogens (tertiary/aromatic N) is 5. The number of aromatic nitrogens is 5. The highest BCUT2D eigenvalue weighted by Crippen LogP contribution is 2.33. The molecule has 0 radical (unpaired) electrons. The molecule has 3 rings (SSSR count). The molecule has 0 atom stereocenters. The second kappa shape index (κ2) is 5.07. The van der Waals surface area contributed by atoms with Crippen LogP contribution < -0.4 is 0 Å². The number of rotatable bonds is 6. The van der Waals surface area contributed by atoms with E-state index in [4.69, 9.17) is 0 Å². The molecule has 1 aliphatic carbocycles. The SMILES string of the molecule is CCn1cc(-c2c(C(=O)O)nnn2CCC2CC2)cn1. The van der Waals surface area contributed by atoms with Gasteiger partial charge in [0.1, 0.15) is 5.69 Å². The van der Waals surface area contributed by atoms with Gasteiger partial charge in [-0.15, -0.1) is 5.10 Å². The summed E-state index contributed by atoms with van der Waals surface area (Å²) >= 11 is 0. The number of aryl methyl sites for hydroxylation is 2. The van der Waals surface area contributed by atoms with Crippen LogP contribution in [-0.4, -0.2) is 35.9 Å². The fraction of sp³-hybridized carbons (Fsp3) is 0.538. The van der Waals surface area contributed by atoms with Gasteiger partial charge in [-0.25, -0.2) is 9.48 Å². The van der Waals surface area contributed by atoms with Gasteiger partial charge >= 0.3 is 5.97 Å². The number of carbonyl (C=O) groups is 1. The summed E-state index contributed by atoms with van der Waals surface area (Å²) < 4.78 is 3.46. The molecular weight excluding hydrogens is 258 g/mol. The first-order valence-corrected chi connectivity index (χ1v) is 6.88.